The van der Waals surface area contributed by atoms with E-state index >= 15 is 0 Å². The van der Waals surface area contributed by atoms with E-state index in [-0.39, 0.29) is 10.9 Å². The first-order valence-electron chi connectivity index (χ1n) is 3.10. The average molecular weight is 188 g/mol. The summed E-state index contributed by atoms with van der Waals surface area (Å²) in [6, 6.07) is 1.27. The van der Waals surface area contributed by atoms with Gasteiger partial charge in [0.15, 0.2) is 14.9 Å². The normalized spacial score (nSPS) is 11.2. The van der Waals surface area contributed by atoms with Crippen LogP contribution in [0.1, 0.15) is 0 Å². The summed E-state index contributed by atoms with van der Waals surface area (Å²) < 4.78 is 26.6. The van der Waals surface area contributed by atoms with Gasteiger partial charge in [-0.25, -0.2) is 18.4 Å². The van der Waals surface area contributed by atoms with Gasteiger partial charge in [-0.3, -0.25) is 0 Å². The van der Waals surface area contributed by atoms with Gasteiger partial charge in [-0.1, -0.05) is 0 Å². The molecule has 1 heterocycles. The maximum atomic E-state index is 11.0. The lowest BCUT2D eigenvalue weighted by Gasteiger charge is -1.99. The molecule has 1 rings (SSSR count). The Bertz CT molecular complexity index is 374. The van der Waals surface area contributed by atoms with Crippen molar-refractivity contribution in [3.05, 3.63) is 12.4 Å². The Balaban J connectivity index is 3.20. The fourth-order valence-electron chi connectivity index (χ4n) is 0.637. The molecule has 0 radical (unpaired) electrons. The summed E-state index contributed by atoms with van der Waals surface area (Å²) in [5.41, 5.74) is 0. The highest BCUT2D eigenvalue weighted by atomic mass is 32.2. The lowest BCUT2D eigenvalue weighted by molar-refractivity contribution is 0.394. The second-order valence-electron chi connectivity index (χ2n) is 2.17. The number of aromatic nitrogens is 2. The maximum Gasteiger partial charge on any atom is 0.217 e. The molecule has 0 N–H and O–H groups in total. The van der Waals surface area contributed by atoms with Crippen LogP contribution in [0.15, 0.2) is 17.4 Å². The fraction of sp³-hybridized carbons (Fsp3) is 0.333. The van der Waals surface area contributed by atoms with Gasteiger partial charge >= 0.3 is 0 Å². The molecule has 0 saturated carbocycles. The zero-order valence-electron chi connectivity index (χ0n) is 6.68. The van der Waals surface area contributed by atoms with E-state index in [2.05, 4.69) is 9.97 Å². The predicted molar refractivity (Wildman–Crippen MR) is 41.7 cm³/mol. The van der Waals surface area contributed by atoms with Crippen LogP contribution in [0.25, 0.3) is 0 Å². The van der Waals surface area contributed by atoms with E-state index in [1.807, 2.05) is 0 Å². The molecule has 5 nitrogen and oxygen atoms in total. The highest BCUT2D eigenvalue weighted by molar-refractivity contribution is 7.90. The summed E-state index contributed by atoms with van der Waals surface area (Å²) in [7, 11) is -1.86. The van der Waals surface area contributed by atoms with Gasteiger partial charge in [-0.05, 0) is 0 Å². The zero-order chi connectivity index (χ0) is 9.19. The molecule has 0 unspecified atom stereocenters. The zero-order valence-corrected chi connectivity index (χ0v) is 7.50. The molecule has 0 bridgehead atoms. The monoisotopic (exact) mass is 188 g/mol. The van der Waals surface area contributed by atoms with E-state index in [4.69, 9.17) is 4.74 Å². The molecular weight excluding hydrogens is 180 g/mol. The third-order valence-electron chi connectivity index (χ3n) is 1.21. The van der Waals surface area contributed by atoms with Gasteiger partial charge in [0, 0.05) is 12.3 Å². The first-order chi connectivity index (χ1) is 5.54. The fourth-order valence-corrected chi connectivity index (χ4v) is 1.19. The van der Waals surface area contributed by atoms with E-state index in [0.717, 1.165) is 12.6 Å². The van der Waals surface area contributed by atoms with Gasteiger partial charge in [-0.15, -0.1) is 0 Å². The molecule has 1 aromatic heterocycles. The topological polar surface area (TPSA) is 69.2 Å². The number of methoxy groups -OCH3 is 1. The van der Waals surface area contributed by atoms with Crippen molar-refractivity contribution in [3.63, 3.8) is 0 Å². The minimum absolute atomic E-state index is 0.0330. The standard InChI is InChI=1S/C6H8N2O3S/c1-11-5-3-6(8-4-7-5)12(2,9)10/h3-4H,1-2H3. The second-order valence-corrected chi connectivity index (χ2v) is 4.13. The molecule has 0 spiro atoms. The maximum absolute atomic E-state index is 11.0. The summed E-state index contributed by atoms with van der Waals surface area (Å²) in [6.07, 6.45) is 2.23. The van der Waals surface area contributed by atoms with Crippen molar-refractivity contribution in [2.45, 2.75) is 5.03 Å². The minimum Gasteiger partial charge on any atom is -0.481 e. The van der Waals surface area contributed by atoms with Crippen LogP contribution >= 0.6 is 0 Å². The summed E-state index contributed by atoms with van der Waals surface area (Å²) in [6.45, 7) is 0. The molecule has 0 fully saturated rings. The van der Waals surface area contributed by atoms with E-state index in [9.17, 15) is 8.42 Å². The van der Waals surface area contributed by atoms with Crippen molar-refractivity contribution < 1.29 is 13.2 Å². The SMILES string of the molecule is COc1cc(S(C)(=O)=O)ncn1. The van der Waals surface area contributed by atoms with Crippen LogP contribution in [0.3, 0.4) is 0 Å². The number of hydrogen-bond donors (Lipinski definition) is 0. The third kappa shape index (κ3) is 1.91. The quantitative estimate of drug-likeness (QED) is 0.605. The smallest absolute Gasteiger partial charge is 0.217 e. The highest BCUT2D eigenvalue weighted by Gasteiger charge is 2.09. The van der Waals surface area contributed by atoms with Crippen LogP contribution in [-0.4, -0.2) is 31.8 Å². The Kier molecular flexibility index (Phi) is 2.27. The molecule has 0 amide bonds. The molecule has 0 atom stereocenters. The molecule has 0 aliphatic carbocycles. The molecule has 6 heteroatoms. The van der Waals surface area contributed by atoms with Crippen molar-refractivity contribution in [1.82, 2.24) is 9.97 Å². The van der Waals surface area contributed by atoms with E-state index in [1.165, 1.54) is 13.2 Å². The number of ether oxygens (including phenoxy) is 1. The Labute approximate surface area is 70.3 Å². The van der Waals surface area contributed by atoms with E-state index in [1.54, 1.807) is 0 Å². The number of sulfone groups is 1. The first kappa shape index (κ1) is 8.92. The lowest BCUT2D eigenvalue weighted by atomic mass is 10.6. The number of rotatable bonds is 2. The first-order valence-corrected chi connectivity index (χ1v) is 4.99. The van der Waals surface area contributed by atoms with Crippen molar-refractivity contribution in [2.75, 3.05) is 13.4 Å². The molecule has 66 valence electrons. The molecular formula is C6H8N2O3S. The van der Waals surface area contributed by atoms with Crippen molar-refractivity contribution in [2.24, 2.45) is 0 Å². The molecule has 0 aromatic carbocycles. The Hall–Kier alpha value is -1.17. The summed E-state index contributed by atoms with van der Waals surface area (Å²) >= 11 is 0. The van der Waals surface area contributed by atoms with E-state index in [0.29, 0.717) is 0 Å². The van der Waals surface area contributed by atoms with Crippen molar-refractivity contribution in [1.29, 1.82) is 0 Å². The van der Waals surface area contributed by atoms with Crippen LogP contribution in [0.5, 0.6) is 5.88 Å². The summed E-state index contributed by atoms with van der Waals surface area (Å²) in [5, 5.41) is -0.0330. The highest BCUT2D eigenvalue weighted by Crippen LogP contribution is 2.09. The average Bonchev–Trinajstić information content (AvgIpc) is 2.03. The van der Waals surface area contributed by atoms with Gasteiger partial charge in [0.25, 0.3) is 0 Å². The molecule has 1 aromatic rings. The third-order valence-corrected chi connectivity index (χ3v) is 2.19. The van der Waals surface area contributed by atoms with Crippen LogP contribution in [0.2, 0.25) is 0 Å². The Morgan fingerprint density at radius 2 is 2.08 bits per heavy atom. The van der Waals surface area contributed by atoms with Gasteiger partial charge in [-0.2, -0.15) is 0 Å². The number of hydrogen-bond acceptors (Lipinski definition) is 5. The van der Waals surface area contributed by atoms with Crippen molar-refractivity contribution >= 4 is 9.84 Å². The predicted octanol–water partition coefficient (Wildman–Crippen LogP) is -0.111. The molecule has 0 aliphatic heterocycles. The van der Waals surface area contributed by atoms with Crippen LogP contribution in [-0.2, 0) is 9.84 Å². The van der Waals surface area contributed by atoms with Gasteiger partial charge < -0.3 is 4.74 Å². The molecule has 0 saturated heterocycles. The van der Waals surface area contributed by atoms with Crippen LogP contribution in [0, 0.1) is 0 Å². The van der Waals surface area contributed by atoms with Gasteiger partial charge in [0.05, 0.1) is 7.11 Å². The van der Waals surface area contributed by atoms with Gasteiger partial charge in [0.1, 0.15) is 6.33 Å². The van der Waals surface area contributed by atoms with Crippen LogP contribution < -0.4 is 4.74 Å². The number of nitrogens with zero attached hydrogens (tertiary/aromatic N) is 2. The van der Waals surface area contributed by atoms with Crippen molar-refractivity contribution in [3.8, 4) is 5.88 Å². The Morgan fingerprint density at radius 1 is 1.42 bits per heavy atom. The summed E-state index contributed by atoms with van der Waals surface area (Å²) in [4.78, 5) is 7.25. The second kappa shape index (κ2) is 3.06. The molecule has 0 aliphatic rings. The van der Waals surface area contributed by atoms with Crippen LogP contribution in [0.4, 0.5) is 0 Å². The largest absolute Gasteiger partial charge is 0.481 e. The lowest BCUT2D eigenvalue weighted by Crippen LogP contribution is -2.01. The molecule has 12 heavy (non-hydrogen) atoms. The van der Waals surface area contributed by atoms with Gasteiger partial charge in [0.2, 0.25) is 5.88 Å². The minimum atomic E-state index is -3.27. The summed E-state index contributed by atoms with van der Waals surface area (Å²) in [5.74, 6) is 0.241. The van der Waals surface area contributed by atoms with E-state index < -0.39 is 9.84 Å². The Morgan fingerprint density at radius 3 is 2.58 bits per heavy atom.